The zero-order valence-corrected chi connectivity index (χ0v) is 18.2. The van der Waals surface area contributed by atoms with E-state index < -0.39 is 0 Å². The van der Waals surface area contributed by atoms with Crippen molar-refractivity contribution in [2.24, 2.45) is 34.5 Å². The van der Waals surface area contributed by atoms with Crippen LogP contribution in [0.25, 0.3) is 5.57 Å². The molecule has 3 fully saturated rings. The van der Waals surface area contributed by atoms with Crippen LogP contribution in [0.15, 0.2) is 42.3 Å². The minimum Gasteiger partial charge on any atom is -0.349 e. The predicted molar refractivity (Wildman–Crippen MR) is 117 cm³/mol. The Morgan fingerprint density at radius 1 is 1.21 bits per heavy atom. The van der Waals surface area contributed by atoms with E-state index in [0.717, 1.165) is 18.3 Å². The minimum atomic E-state index is 0.0957. The van der Waals surface area contributed by atoms with E-state index in [4.69, 9.17) is 0 Å². The first-order valence-corrected chi connectivity index (χ1v) is 11.5. The van der Waals surface area contributed by atoms with Crippen molar-refractivity contribution in [3.05, 3.63) is 47.8 Å². The summed E-state index contributed by atoms with van der Waals surface area (Å²) in [4.78, 5) is 16.3. The molecule has 1 aromatic rings. The lowest BCUT2D eigenvalue weighted by atomic mass is 9.48. The third kappa shape index (κ3) is 2.69. The molecule has 154 valence electrons. The summed E-state index contributed by atoms with van der Waals surface area (Å²) >= 11 is 0. The van der Waals surface area contributed by atoms with Gasteiger partial charge < -0.3 is 5.32 Å². The average molecular weight is 391 g/mol. The van der Waals surface area contributed by atoms with Crippen LogP contribution in [-0.2, 0) is 4.79 Å². The van der Waals surface area contributed by atoms with Crippen LogP contribution in [0.2, 0.25) is 0 Å². The number of nitrogens with one attached hydrogen (secondary N) is 1. The summed E-state index contributed by atoms with van der Waals surface area (Å²) in [5.41, 5.74) is 4.84. The number of aromatic nitrogens is 1. The molecule has 2 heterocycles. The van der Waals surface area contributed by atoms with Gasteiger partial charge >= 0.3 is 0 Å². The Balaban J connectivity index is 1.53. The Bertz CT molecular complexity index is 887. The van der Waals surface area contributed by atoms with Gasteiger partial charge in [-0.3, -0.25) is 9.78 Å². The van der Waals surface area contributed by atoms with Gasteiger partial charge in [0.2, 0.25) is 5.91 Å². The van der Waals surface area contributed by atoms with Crippen molar-refractivity contribution in [3.8, 4) is 0 Å². The molecule has 1 unspecified atom stereocenters. The van der Waals surface area contributed by atoms with Crippen molar-refractivity contribution in [3.63, 3.8) is 0 Å². The summed E-state index contributed by atoms with van der Waals surface area (Å²) in [7, 11) is 0. The molecule has 3 heteroatoms. The lowest BCUT2D eigenvalue weighted by Crippen LogP contribution is -2.59. The number of fused-ring (bicyclic) bond motifs is 5. The Hall–Kier alpha value is -1.90. The van der Waals surface area contributed by atoms with Crippen LogP contribution in [0.5, 0.6) is 0 Å². The molecule has 0 aromatic carbocycles. The number of hydrogen-bond donors (Lipinski definition) is 1. The molecule has 1 amide bonds. The predicted octanol–water partition coefficient (Wildman–Crippen LogP) is 5.40. The van der Waals surface area contributed by atoms with Crippen molar-refractivity contribution < 1.29 is 4.79 Å². The molecule has 0 radical (unpaired) electrons. The normalized spacial score (nSPS) is 45.1. The van der Waals surface area contributed by atoms with E-state index in [1.165, 1.54) is 36.8 Å². The first kappa shape index (κ1) is 19.1. The summed E-state index contributed by atoms with van der Waals surface area (Å²) < 4.78 is 0. The number of carbonyl (C=O) groups excluding carboxylic acids is 1. The first-order chi connectivity index (χ1) is 13.8. The monoisotopic (exact) mass is 390 g/mol. The van der Waals surface area contributed by atoms with Gasteiger partial charge in [-0.1, -0.05) is 38.5 Å². The van der Waals surface area contributed by atoms with Gasteiger partial charge in [-0.25, -0.2) is 0 Å². The minimum absolute atomic E-state index is 0.0957. The van der Waals surface area contributed by atoms with E-state index in [2.05, 4.69) is 56.2 Å². The zero-order chi connectivity index (χ0) is 20.4. The molecule has 0 saturated heterocycles. The fourth-order valence-corrected chi connectivity index (χ4v) is 8.02. The molecule has 0 bridgehead atoms. The largest absolute Gasteiger partial charge is 0.349 e. The van der Waals surface area contributed by atoms with Crippen LogP contribution in [0.3, 0.4) is 0 Å². The van der Waals surface area contributed by atoms with Gasteiger partial charge in [0.1, 0.15) is 0 Å². The van der Waals surface area contributed by atoms with Gasteiger partial charge in [0.15, 0.2) is 0 Å². The highest BCUT2D eigenvalue weighted by Crippen LogP contribution is 2.66. The van der Waals surface area contributed by atoms with Crippen LogP contribution in [0.4, 0.5) is 0 Å². The molecule has 7 atom stereocenters. The highest BCUT2D eigenvalue weighted by Gasteiger charge is 2.59. The molecule has 3 nitrogen and oxygen atoms in total. The Morgan fingerprint density at radius 2 is 2.03 bits per heavy atom. The van der Waals surface area contributed by atoms with E-state index in [-0.39, 0.29) is 11.3 Å². The second-order valence-electron chi connectivity index (χ2n) is 10.6. The molecule has 1 aliphatic heterocycles. The van der Waals surface area contributed by atoms with Crippen LogP contribution >= 0.6 is 0 Å². The zero-order valence-electron chi connectivity index (χ0n) is 18.2. The summed E-state index contributed by atoms with van der Waals surface area (Å²) in [5, 5.41) is 3.28. The molecule has 1 N–H and O–H groups in total. The summed E-state index contributed by atoms with van der Waals surface area (Å²) in [6, 6.07) is 4.59. The standard InChI is InChI=1S/C26H34N2O/c1-16-14-21-19-7-8-22-25(3,12-10-23(29)28-22)20(19)9-11-26(21,4)24(16)17(2)18-6-5-13-27-15-18/h5-6,10,12-13,15-16,19-22H,7-9,11,14H2,1-4H3,(H,28,29)/b24-17+/t16?,19-,20+,21+,22-,25-,26+/m1/s1. The second-order valence-corrected chi connectivity index (χ2v) is 10.6. The van der Waals surface area contributed by atoms with Crippen LogP contribution in [-0.4, -0.2) is 16.9 Å². The number of pyridine rings is 1. The van der Waals surface area contributed by atoms with Gasteiger partial charge in [0.05, 0.1) is 0 Å². The van der Waals surface area contributed by atoms with Crippen molar-refractivity contribution in [1.29, 1.82) is 0 Å². The highest BCUT2D eigenvalue weighted by atomic mass is 16.1. The molecule has 29 heavy (non-hydrogen) atoms. The second kappa shape index (κ2) is 6.55. The number of nitrogens with zero attached hydrogens (tertiary/aromatic N) is 1. The van der Waals surface area contributed by atoms with Crippen LogP contribution < -0.4 is 5.32 Å². The van der Waals surface area contributed by atoms with Crippen molar-refractivity contribution in [2.75, 3.05) is 0 Å². The van der Waals surface area contributed by atoms with Gasteiger partial charge in [-0.05, 0) is 91.4 Å². The summed E-state index contributed by atoms with van der Waals surface area (Å²) in [6.45, 7) is 9.73. The molecule has 3 saturated carbocycles. The smallest absolute Gasteiger partial charge is 0.243 e. The summed E-state index contributed by atoms with van der Waals surface area (Å²) in [5.74, 6) is 2.92. The summed E-state index contributed by atoms with van der Waals surface area (Å²) in [6.07, 6.45) is 14.2. The van der Waals surface area contributed by atoms with Crippen LogP contribution in [0.1, 0.15) is 65.4 Å². The number of amides is 1. The van der Waals surface area contributed by atoms with Gasteiger partial charge in [0, 0.05) is 23.9 Å². The first-order valence-electron chi connectivity index (χ1n) is 11.5. The van der Waals surface area contributed by atoms with E-state index in [9.17, 15) is 4.79 Å². The molecular weight excluding hydrogens is 356 g/mol. The maximum atomic E-state index is 11.9. The SMILES string of the molecule is C/C(=C1/C(C)C[C@H]2[C@@H]3CC[C@H]4NC(=O)C=C[C@]4(C)[C@H]3CC[C@]12C)c1cccnc1. The van der Waals surface area contributed by atoms with Crippen molar-refractivity contribution in [1.82, 2.24) is 10.3 Å². The number of rotatable bonds is 1. The van der Waals surface area contributed by atoms with E-state index in [1.54, 1.807) is 11.6 Å². The average Bonchev–Trinajstić information content (AvgIpc) is 2.99. The maximum Gasteiger partial charge on any atom is 0.243 e. The van der Waals surface area contributed by atoms with Gasteiger partial charge in [-0.15, -0.1) is 0 Å². The number of hydrogen-bond acceptors (Lipinski definition) is 2. The Labute approximate surface area is 175 Å². The van der Waals surface area contributed by atoms with E-state index >= 15 is 0 Å². The lowest BCUT2D eigenvalue weighted by molar-refractivity contribution is -0.121. The molecule has 4 aliphatic rings. The van der Waals surface area contributed by atoms with Gasteiger partial charge in [-0.2, -0.15) is 0 Å². The molecule has 0 spiro atoms. The Kier molecular flexibility index (Phi) is 4.31. The van der Waals surface area contributed by atoms with E-state index in [1.807, 2.05) is 12.4 Å². The van der Waals surface area contributed by atoms with Crippen molar-refractivity contribution in [2.45, 2.75) is 65.8 Å². The van der Waals surface area contributed by atoms with Crippen molar-refractivity contribution >= 4 is 11.5 Å². The van der Waals surface area contributed by atoms with E-state index in [0.29, 0.717) is 23.3 Å². The Morgan fingerprint density at radius 3 is 2.79 bits per heavy atom. The number of allylic oxidation sites excluding steroid dienone is 2. The topological polar surface area (TPSA) is 42.0 Å². The molecule has 3 aliphatic carbocycles. The maximum absolute atomic E-state index is 11.9. The third-order valence-electron chi connectivity index (χ3n) is 9.29. The van der Waals surface area contributed by atoms with Gasteiger partial charge in [0.25, 0.3) is 0 Å². The molecule has 1 aromatic heterocycles. The highest BCUT2D eigenvalue weighted by molar-refractivity contribution is 5.89. The fourth-order valence-electron chi connectivity index (χ4n) is 8.02. The number of carbonyl (C=O) groups is 1. The molecular formula is C26H34N2O. The lowest BCUT2D eigenvalue weighted by Gasteiger charge is -2.58. The quantitative estimate of drug-likeness (QED) is 0.698. The fraction of sp³-hybridized carbons (Fsp3) is 0.615. The third-order valence-corrected chi connectivity index (χ3v) is 9.29. The van der Waals surface area contributed by atoms with Crippen LogP contribution in [0, 0.1) is 34.5 Å². The molecule has 5 rings (SSSR count).